The highest BCUT2D eigenvalue weighted by Crippen LogP contribution is 2.19. The van der Waals surface area contributed by atoms with Crippen LogP contribution in [-0.4, -0.2) is 37.2 Å². The van der Waals surface area contributed by atoms with E-state index in [2.05, 4.69) is 49.0 Å². The molecule has 0 aromatic heterocycles. The third-order valence-corrected chi connectivity index (χ3v) is 6.59. The summed E-state index contributed by atoms with van der Waals surface area (Å²) in [4.78, 5) is 24.4. The Morgan fingerprint density at radius 1 is 0.700 bits per heavy atom. The first-order valence-electron chi connectivity index (χ1n) is 12.6. The first-order valence-corrected chi connectivity index (χ1v) is 12.6. The van der Waals surface area contributed by atoms with E-state index in [1.165, 1.54) is 38.5 Å². The van der Waals surface area contributed by atoms with E-state index in [-0.39, 0.29) is 24.1 Å². The molecule has 2 atom stereocenters. The molecule has 1 saturated carbocycles. The topological polar surface area (TPSA) is 82.3 Å². The highest BCUT2D eigenvalue weighted by molar-refractivity contribution is 5.74. The van der Waals surface area contributed by atoms with Gasteiger partial charge in [0.25, 0.3) is 0 Å². The van der Waals surface area contributed by atoms with Gasteiger partial charge < -0.3 is 21.3 Å². The smallest absolute Gasteiger partial charge is 0.315 e. The van der Waals surface area contributed by atoms with Crippen molar-refractivity contribution in [3.05, 3.63) is 0 Å². The predicted octanol–water partition coefficient (Wildman–Crippen LogP) is 5.33. The van der Waals surface area contributed by atoms with Crippen molar-refractivity contribution in [1.82, 2.24) is 21.3 Å². The van der Waals surface area contributed by atoms with Gasteiger partial charge in [0, 0.05) is 25.2 Å². The van der Waals surface area contributed by atoms with Crippen molar-refractivity contribution in [2.45, 2.75) is 117 Å². The number of hydrogen-bond donors (Lipinski definition) is 4. The summed E-state index contributed by atoms with van der Waals surface area (Å²) in [7, 11) is 0. The number of carbonyl (C=O) groups excluding carboxylic acids is 2. The Balaban J connectivity index is 2.20. The molecule has 6 heteroatoms. The zero-order valence-corrected chi connectivity index (χ0v) is 20.0. The fraction of sp³-hybridized carbons (Fsp3) is 0.917. The Bertz CT molecular complexity index is 422. The Labute approximate surface area is 185 Å². The largest absolute Gasteiger partial charge is 0.338 e. The van der Waals surface area contributed by atoms with Gasteiger partial charge in [0.05, 0.1) is 0 Å². The lowest BCUT2D eigenvalue weighted by Gasteiger charge is -2.30. The van der Waals surface area contributed by atoms with Crippen molar-refractivity contribution in [3.8, 4) is 0 Å². The highest BCUT2D eigenvalue weighted by Gasteiger charge is 2.23. The lowest BCUT2D eigenvalue weighted by Crippen LogP contribution is -2.49. The minimum Gasteiger partial charge on any atom is -0.338 e. The summed E-state index contributed by atoms with van der Waals surface area (Å²) in [5.74, 6) is 1.15. The van der Waals surface area contributed by atoms with Crippen molar-refractivity contribution in [2.24, 2.45) is 11.8 Å². The van der Waals surface area contributed by atoms with Crippen molar-refractivity contribution in [1.29, 1.82) is 0 Å². The van der Waals surface area contributed by atoms with Crippen LogP contribution >= 0.6 is 0 Å². The van der Waals surface area contributed by atoms with Crippen LogP contribution in [0.25, 0.3) is 0 Å². The molecule has 30 heavy (non-hydrogen) atoms. The fourth-order valence-electron chi connectivity index (χ4n) is 4.22. The molecule has 1 aliphatic rings. The van der Waals surface area contributed by atoms with Crippen LogP contribution in [0.2, 0.25) is 0 Å². The van der Waals surface area contributed by atoms with Crippen LogP contribution in [0.15, 0.2) is 0 Å². The van der Waals surface area contributed by atoms with Gasteiger partial charge in [-0.3, -0.25) is 0 Å². The molecular formula is C24H48N4O2. The summed E-state index contributed by atoms with van der Waals surface area (Å²) >= 11 is 0. The molecule has 176 valence electrons. The van der Waals surface area contributed by atoms with Crippen LogP contribution in [0.4, 0.5) is 9.59 Å². The van der Waals surface area contributed by atoms with Gasteiger partial charge in [-0.05, 0) is 50.4 Å². The Kier molecular flexibility index (Phi) is 14.4. The average molecular weight is 425 g/mol. The van der Waals surface area contributed by atoms with Crippen molar-refractivity contribution < 1.29 is 9.59 Å². The summed E-state index contributed by atoms with van der Waals surface area (Å²) in [6, 6.07) is 0.328. The van der Waals surface area contributed by atoms with Gasteiger partial charge in [-0.15, -0.1) is 0 Å². The Morgan fingerprint density at radius 3 is 1.37 bits per heavy atom. The molecule has 1 aliphatic carbocycles. The minimum absolute atomic E-state index is 0.0446. The van der Waals surface area contributed by atoms with E-state index >= 15 is 0 Å². The molecule has 0 spiro atoms. The number of unbranched alkanes of at least 4 members (excludes halogenated alkanes) is 2. The Hall–Kier alpha value is -1.46. The summed E-state index contributed by atoms with van der Waals surface area (Å²) in [5.41, 5.74) is 0. The maximum Gasteiger partial charge on any atom is 0.315 e. The third kappa shape index (κ3) is 11.7. The molecule has 0 heterocycles. The highest BCUT2D eigenvalue weighted by atomic mass is 16.2. The average Bonchev–Trinajstić information content (AvgIpc) is 2.75. The summed E-state index contributed by atoms with van der Waals surface area (Å²) in [6.45, 7) is 10.3. The molecule has 0 bridgehead atoms. The summed E-state index contributed by atoms with van der Waals surface area (Å²) < 4.78 is 0. The summed E-state index contributed by atoms with van der Waals surface area (Å²) in [5, 5.41) is 12.3. The number of carbonyl (C=O) groups is 2. The molecule has 4 amide bonds. The van der Waals surface area contributed by atoms with Crippen LogP contribution in [0, 0.1) is 11.8 Å². The molecular weight excluding hydrogens is 376 g/mol. The quantitative estimate of drug-likeness (QED) is 0.304. The number of rotatable bonds is 14. The maximum absolute atomic E-state index is 12.2. The minimum atomic E-state index is -0.0446. The van der Waals surface area contributed by atoms with Crippen LogP contribution in [0.5, 0.6) is 0 Å². The third-order valence-electron chi connectivity index (χ3n) is 6.59. The molecule has 2 unspecified atom stereocenters. The first kappa shape index (κ1) is 26.6. The van der Waals surface area contributed by atoms with Gasteiger partial charge in [-0.1, -0.05) is 66.2 Å². The van der Waals surface area contributed by atoms with Crippen LogP contribution < -0.4 is 21.3 Å². The van der Waals surface area contributed by atoms with Gasteiger partial charge in [-0.2, -0.15) is 0 Å². The maximum atomic E-state index is 12.2. The molecule has 4 N–H and O–H groups in total. The summed E-state index contributed by atoms with van der Waals surface area (Å²) in [6.07, 6.45) is 13.1. The van der Waals surface area contributed by atoms with E-state index in [0.717, 1.165) is 51.6 Å². The molecule has 0 saturated heterocycles. The molecule has 0 aromatic carbocycles. The van der Waals surface area contributed by atoms with Gasteiger partial charge >= 0.3 is 12.1 Å². The van der Waals surface area contributed by atoms with Gasteiger partial charge in [0.2, 0.25) is 0 Å². The normalized spacial score (nSPS) is 20.8. The molecule has 1 rings (SSSR count). The number of urea groups is 2. The zero-order valence-electron chi connectivity index (χ0n) is 20.0. The number of hydrogen-bond acceptors (Lipinski definition) is 2. The van der Waals surface area contributed by atoms with Crippen molar-refractivity contribution in [2.75, 3.05) is 13.1 Å². The fourth-order valence-corrected chi connectivity index (χ4v) is 4.22. The zero-order chi connectivity index (χ0) is 22.2. The second-order valence-corrected chi connectivity index (χ2v) is 9.09. The number of amides is 4. The standard InChI is InChI=1S/C24H48N4O2/c1-5-9-11-19(7-3)17-25-23(29)27-21-13-15-22(16-14-21)28-24(30)26-18-20(8-4)12-10-6-2/h19-22H,5-18H2,1-4H3,(H2,25,27,29)(H2,26,28,30). The van der Waals surface area contributed by atoms with E-state index in [0.29, 0.717) is 11.8 Å². The number of nitrogens with one attached hydrogen (secondary N) is 4. The van der Waals surface area contributed by atoms with Crippen LogP contribution in [0.1, 0.15) is 105 Å². The van der Waals surface area contributed by atoms with Gasteiger partial charge in [0.1, 0.15) is 0 Å². The van der Waals surface area contributed by atoms with Crippen LogP contribution in [-0.2, 0) is 0 Å². The molecule has 6 nitrogen and oxygen atoms in total. The lowest BCUT2D eigenvalue weighted by atomic mass is 9.91. The van der Waals surface area contributed by atoms with E-state index in [4.69, 9.17) is 0 Å². The Morgan fingerprint density at radius 2 is 1.07 bits per heavy atom. The van der Waals surface area contributed by atoms with Gasteiger partial charge in [-0.25, -0.2) is 9.59 Å². The second kappa shape index (κ2) is 16.3. The van der Waals surface area contributed by atoms with Crippen molar-refractivity contribution >= 4 is 12.1 Å². The van der Waals surface area contributed by atoms with E-state index in [1.807, 2.05) is 0 Å². The van der Waals surface area contributed by atoms with Crippen molar-refractivity contribution in [3.63, 3.8) is 0 Å². The SMILES string of the molecule is CCCCC(CC)CNC(=O)NC1CCC(NC(=O)NCC(CC)CCCC)CC1. The molecule has 0 radical (unpaired) electrons. The molecule has 1 fully saturated rings. The van der Waals surface area contributed by atoms with Crippen LogP contribution in [0.3, 0.4) is 0 Å². The van der Waals surface area contributed by atoms with E-state index in [1.54, 1.807) is 0 Å². The second-order valence-electron chi connectivity index (χ2n) is 9.09. The van der Waals surface area contributed by atoms with Gasteiger partial charge in [0.15, 0.2) is 0 Å². The predicted molar refractivity (Wildman–Crippen MR) is 126 cm³/mol. The lowest BCUT2D eigenvalue weighted by molar-refractivity contribution is 0.219. The molecule has 0 aromatic rings. The van der Waals surface area contributed by atoms with E-state index < -0.39 is 0 Å². The van der Waals surface area contributed by atoms with E-state index in [9.17, 15) is 9.59 Å². The first-order chi connectivity index (χ1) is 14.5. The monoisotopic (exact) mass is 424 g/mol. The molecule has 0 aliphatic heterocycles.